The normalized spacial score (nSPS) is 12.8. The average Bonchev–Trinajstić information content (AvgIpc) is 2.86. The van der Waals surface area contributed by atoms with Crippen LogP contribution in [0.3, 0.4) is 0 Å². The van der Waals surface area contributed by atoms with E-state index in [4.69, 9.17) is 16.0 Å². The summed E-state index contributed by atoms with van der Waals surface area (Å²) in [6, 6.07) is 11.7. The average molecular weight is 305 g/mol. The topological polar surface area (TPSA) is 33.4 Å². The summed E-state index contributed by atoms with van der Waals surface area (Å²) >= 11 is 6.02. The number of furan rings is 1. The highest BCUT2D eigenvalue weighted by atomic mass is 35.5. The van der Waals surface area contributed by atoms with Crippen LogP contribution in [0.2, 0.25) is 5.02 Å². The number of hydrogen-bond acceptors (Lipinski definition) is 2. The molecule has 0 amide bonds. The quantitative estimate of drug-likeness (QED) is 0.753. The van der Waals surface area contributed by atoms with Gasteiger partial charge in [0.25, 0.3) is 0 Å². The van der Waals surface area contributed by atoms with Crippen LogP contribution in [-0.2, 0) is 6.42 Å². The first kappa shape index (κ1) is 14.1. The Kier molecular flexibility index (Phi) is 3.70. The van der Waals surface area contributed by atoms with Crippen LogP contribution in [0.25, 0.3) is 11.0 Å². The fourth-order valence-electron chi connectivity index (χ4n) is 2.36. The van der Waals surface area contributed by atoms with Gasteiger partial charge in [0.15, 0.2) is 0 Å². The van der Waals surface area contributed by atoms with Gasteiger partial charge in [-0.2, -0.15) is 0 Å². The largest absolute Gasteiger partial charge is 0.458 e. The molecule has 108 valence electrons. The molecule has 1 atom stereocenters. The van der Waals surface area contributed by atoms with Gasteiger partial charge >= 0.3 is 0 Å². The molecule has 0 saturated carbocycles. The molecule has 1 heterocycles. The summed E-state index contributed by atoms with van der Waals surface area (Å²) in [6.45, 7) is 2.00. The minimum absolute atomic E-state index is 0.204. The van der Waals surface area contributed by atoms with E-state index >= 15 is 0 Å². The molecule has 0 aliphatic heterocycles. The third kappa shape index (κ3) is 2.94. The van der Waals surface area contributed by atoms with Crippen molar-refractivity contribution in [2.24, 2.45) is 0 Å². The van der Waals surface area contributed by atoms with Crippen LogP contribution in [0.15, 0.2) is 46.9 Å². The zero-order valence-electron chi connectivity index (χ0n) is 11.4. The SMILES string of the molecule is Cc1ccc2oc(C(O)Cc3cc(F)ccc3Cl)cc2c1. The van der Waals surface area contributed by atoms with Crippen LogP contribution in [-0.4, -0.2) is 5.11 Å². The standard InChI is InChI=1S/C17H14ClFO2/c1-10-2-5-16-12(6-10)9-17(21-16)15(20)8-11-7-13(19)3-4-14(11)18/h2-7,9,15,20H,8H2,1H3. The van der Waals surface area contributed by atoms with Gasteiger partial charge in [-0.1, -0.05) is 23.2 Å². The van der Waals surface area contributed by atoms with Gasteiger partial charge in [0, 0.05) is 16.8 Å². The van der Waals surface area contributed by atoms with Crippen molar-refractivity contribution in [3.05, 3.63) is 70.2 Å². The molecule has 1 unspecified atom stereocenters. The van der Waals surface area contributed by atoms with Crippen LogP contribution >= 0.6 is 11.6 Å². The maximum Gasteiger partial charge on any atom is 0.134 e. The first-order valence-corrected chi connectivity index (χ1v) is 7.03. The Hall–Kier alpha value is -1.84. The van der Waals surface area contributed by atoms with Crippen molar-refractivity contribution in [3.63, 3.8) is 0 Å². The van der Waals surface area contributed by atoms with E-state index in [-0.39, 0.29) is 12.2 Å². The van der Waals surface area contributed by atoms with Gasteiger partial charge in [0.1, 0.15) is 23.3 Å². The van der Waals surface area contributed by atoms with Gasteiger partial charge in [-0.25, -0.2) is 4.39 Å². The molecule has 4 heteroatoms. The minimum atomic E-state index is -0.864. The zero-order valence-corrected chi connectivity index (χ0v) is 12.2. The molecule has 0 spiro atoms. The Bertz CT molecular complexity index is 795. The molecule has 0 aliphatic rings. The molecule has 0 bridgehead atoms. The Morgan fingerprint density at radius 3 is 2.81 bits per heavy atom. The van der Waals surface area contributed by atoms with Crippen molar-refractivity contribution in [3.8, 4) is 0 Å². The molecule has 21 heavy (non-hydrogen) atoms. The maximum atomic E-state index is 13.2. The van der Waals surface area contributed by atoms with Crippen LogP contribution in [0.4, 0.5) is 4.39 Å². The molecule has 0 radical (unpaired) electrons. The first-order valence-electron chi connectivity index (χ1n) is 6.65. The molecule has 0 aliphatic carbocycles. The number of rotatable bonds is 3. The van der Waals surface area contributed by atoms with E-state index < -0.39 is 6.10 Å². The molecular weight excluding hydrogens is 291 g/mol. The zero-order chi connectivity index (χ0) is 15.0. The number of aliphatic hydroxyl groups is 1. The van der Waals surface area contributed by atoms with E-state index in [1.807, 2.05) is 25.1 Å². The highest BCUT2D eigenvalue weighted by Crippen LogP contribution is 2.29. The molecular formula is C17H14ClFO2. The fraction of sp³-hybridized carbons (Fsp3) is 0.176. The van der Waals surface area contributed by atoms with Crippen LogP contribution in [0.1, 0.15) is 23.0 Å². The molecule has 1 aromatic heterocycles. The summed E-state index contributed by atoms with van der Waals surface area (Å²) in [5, 5.41) is 11.7. The number of aliphatic hydroxyl groups excluding tert-OH is 1. The summed E-state index contributed by atoms with van der Waals surface area (Å²) in [5.74, 6) is 0.0813. The molecule has 2 nitrogen and oxygen atoms in total. The summed E-state index contributed by atoms with van der Waals surface area (Å²) < 4.78 is 18.9. The van der Waals surface area contributed by atoms with E-state index in [0.717, 1.165) is 16.5 Å². The van der Waals surface area contributed by atoms with Crippen LogP contribution in [0, 0.1) is 12.7 Å². The van der Waals surface area contributed by atoms with Crippen molar-refractivity contribution < 1.29 is 13.9 Å². The Morgan fingerprint density at radius 2 is 2.00 bits per heavy atom. The second-order valence-electron chi connectivity index (χ2n) is 5.15. The van der Waals surface area contributed by atoms with Crippen molar-refractivity contribution in [2.45, 2.75) is 19.4 Å². The number of hydrogen-bond donors (Lipinski definition) is 1. The van der Waals surface area contributed by atoms with E-state index in [1.165, 1.54) is 18.2 Å². The predicted molar refractivity (Wildman–Crippen MR) is 81.0 cm³/mol. The van der Waals surface area contributed by atoms with Gasteiger partial charge in [0.2, 0.25) is 0 Å². The lowest BCUT2D eigenvalue weighted by molar-refractivity contribution is 0.152. The molecule has 1 N–H and O–H groups in total. The molecule has 3 aromatic rings. The van der Waals surface area contributed by atoms with Gasteiger partial charge in [-0.05, 0) is 48.9 Å². The lowest BCUT2D eigenvalue weighted by atomic mass is 10.1. The molecule has 3 rings (SSSR count). The summed E-state index contributed by atoms with van der Waals surface area (Å²) in [4.78, 5) is 0. The molecule has 2 aromatic carbocycles. The van der Waals surface area contributed by atoms with Gasteiger partial charge in [-0.15, -0.1) is 0 Å². The lowest BCUT2D eigenvalue weighted by Gasteiger charge is -2.09. The van der Waals surface area contributed by atoms with Gasteiger partial charge < -0.3 is 9.52 Å². The molecule has 0 saturated heterocycles. The van der Waals surface area contributed by atoms with Crippen molar-refractivity contribution in [1.82, 2.24) is 0 Å². The van der Waals surface area contributed by atoms with Crippen molar-refractivity contribution in [2.75, 3.05) is 0 Å². The number of fused-ring (bicyclic) bond motifs is 1. The predicted octanol–water partition coefficient (Wildman–Crippen LogP) is 4.81. The van der Waals surface area contributed by atoms with Gasteiger partial charge in [-0.3, -0.25) is 0 Å². The Balaban J connectivity index is 1.89. The number of aryl methyl sites for hydroxylation is 1. The number of benzene rings is 2. The second-order valence-corrected chi connectivity index (χ2v) is 5.55. The highest BCUT2D eigenvalue weighted by molar-refractivity contribution is 6.31. The van der Waals surface area contributed by atoms with Crippen LogP contribution < -0.4 is 0 Å². The minimum Gasteiger partial charge on any atom is -0.458 e. The summed E-state index contributed by atoms with van der Waals surface area (Å²) in [5.41, 5.74) is 2.40. The van der Waals surface area contributed by atoms with Gasteiger partial charge in [0.05, 0.1) is 0 Å². The second kappa shape index (κ2) is 5.51. The van der Waals surface area contributed by atoms with E-state index in [1.54, 1.807) is 6.07 Å². The van der Waals surface area contributed by atoms with E-state index in [9.17, 15) is 9.50 Å². The third-order valence-electron chi connectivity index (χ3n) is 3.44. The Labute approximate surface area is 126 Å². The molecule has 0 fully saturated rings. The number of halogens is 2. The Morgan fingerprint density at radius 1 is 1.19 bits per heavy atom. The van der Waals surface area contributed by atoms with Crippen LogP contribution in [0.5, 0.6) is 0 Å². The monoisotopic (exact) mass is 304 g/mol. The third-order valence-corrected chi connectivity index (χ3v) is 3.81. The first-order chi connectivity index (χ1) is 10.0. The maximum absolute atomic E-state index is 13.2. The van der Waals surface area contributed by atoms with Crippen molar-refractivity contribution in [1.29, 1.82) is 0 Å². The van der Waals surface area contributed by atoms with E-state index in [2.05, 4.69) is 0 Å². The van der Waals surface area contributed by atoms with E-state index in [0.29, 0.717) is 16.3 Å². The van der Waals surface area contributed by atoms with Crippen molar-refractivity contribution >= 4 is 22.6 Å². The summed E-state index contributed by atoms with van der Waals surface area (Å²) in [7, 11) is 0. The lowest BCUT2D eigenvalue weighted by Crippen LogP contribution is -2.01. The summed E-state index contributed by atoms with van der Waals surface area (Å²) in [6.07, 6.45) is -0.660. The highest BCUT2D eigenvalue weighted by Gasteiger charge is 2.16. The smallest absolute Gasteiger partial charge is 0.134 e. The fourth-order valence-corrected chi connectivity index (χ4v) is 2.55.